The highest BCUT2D eigenvalue weighted by molar-refractivity contribution is 5.78. The predicted molar refractivity (Wildman–Crippen MR) is 54.2 cm³/mol. The van der Waals surface area contributed by atoms with Gasteiger partial charge in [0.1, 0.15) is 0 Å². The highest BCUT2D eigenvalue weighted by atomic mass is 16.5. The molecule has 13 heavy (non-hydrogen) atoms. The Morgan fingerprint density at radius 1 is 1.54 bits per heavy atom. The summed E-state index contributed by atoms with van der Waals surface area (Å²) >= 11 is 0. The van der Waals surface area contributed by atoms with Gasteiger partial charge in [-0.2, -0.15) is 4.99 Å². The van der Waals surface area contributed by atoms with E-state index in [0.717, 1.165) is 25.7 Å². The summed E-state index contributed by atoms with van der Waals surface area (Å²) in [4.78, 5) is 14.3. The summed E-state index contributed by atoms with van der Waals surface area (Å²) < 4.78 is 4.82. The van der Waals surface area contributed by atoms with Crippen LogP contribution < -0.4 is 0 Å². The summed E-state index contributed by atoms with van der Waals surface area (Å²) in [5.41, 5.74) is 0. The van der Waals surface area contributed by atoms with Crippen molar-refractivity contribution in [3.8, 4) is 0 Å². The number of amides is 1. The van der Waals surface area contributed by atoms with E-state index >= 15 is 0 Å². The molecule has 1 amide bonds. The zero-order chi connectivity index (χ0) is 9.94. The molecule has 0 N–H and O–H groups in total. The van der Waals surface area contributed by atoms with Crippen molar-refractivity contribution in [2.24, 2.45) is 4.99 Å². The van der Waals surface area contributed by atoms with Crippen LogP contribution in [0.5, 0.6) is 0 Å². The summed E-state index contributed by atoms with van der Waals surface area (Å²) in [6, 6.07) is 0. The molecule has 0 aromatic heterocycles. The van der Waals surface area contributed by atoms with Gasteiger partial charge in [0.15, 0.2) is 0 Å². The zero-order valence-electron chi connectivity index (χ0n) is 8.16. The fourth-order valence-corrected chi connectivity index (χ4v) is 0.753. The number of carbonyl (C=O) groups is 1. The first kappa shape index (κ1) is 11.9. The molecule has 3 heteroatoms. The number of rotatable bonds is 6. The van der Waals surface area contributed by atoms with Gasteiger partial charge in [0.25, 0.3) is 0 Å². The third kappa shape index (κ3) is 8.79. The number of ether oxygens (including phenoxy) is 1. The molecule has 0 atom stereocenters. The molecule has 0 saturated heterocycles. The van der Waals surface area contributed by atoms with Gasteiger partial charge in [0.2, 0.25) is 0 Å². The van der Waals surface area contributed by atoms with Crippen molar-refractivity contribution < 1.29 is 9.53 Å². The van der Waals surface area contributed by atoms with Gasteiger partial charge in [-0.1, -0.05) is 13.0 Å². The molecule has 0 aromatic rings. The van der Waals surface area contributed by atoms with E-state index in [-0.39, 0.29) is 0 Å². The highest BCUT2D eigenvalue weighted by Crippen LogP contribution is 1.96. The lowest BCUT2D eigenvalue weighted by Crippen LogP contribution is -2.00. The molecule has 0 aliphatic heterocycles. The molecule has 0 rings (SSSR count). The average Bonchev–Trinajstić information content (AvgIpc) is 2.14. The van der Waals surface area contributed by atoms with Gasteiger partial charge in [0.05, 0.1) is 6.61 Å². The standard InChI is InChI=1S/C10H17NO2/c1-3-5-6-7-9-13-10(12)11-8-4-2/h3,8H,1,4-7,9H2,2H3. The molecule has 0 bridgehead atoms. The normalized spacial score (nSPS) is 10.2. The van der Waals surface area contributed by atoms with Crippen LogP contribution in [0.1, 0.15) is 32.6 Å². The third-order valence-electron chi connectivity index (χ3n) is 1.41. The SMILES string of the molecule is C=CCCCCOC(=O)N=CCC. The van der Waals surface area contributed by atoms with Crippen LogP contribution in [0.25, 0.3) is 0 Å². The molecule has 0 aliphatic rings. The fourth-order valence-electron chi connectivity index (χ4n) is 0.753. The zero-order valence-corrected chi connectivity index (χ0v) is 8.16. The van der Waals surface area contributed by atoms with Crippen molar-refractivity contribution in [2.45, 2.75) is 32.6 Å². The Kier molecular flexibility index (Phi) is 8.20. The second-order valence-electron chi connectivity index (χ2n) is 2.62. The molecule has 0 unspecified atom stereocenters. The van der Waals surface area contributed by atoms with E-state index in [1.165, 1.54) is 0 Å². The average molecular weight is 183 g/mol. The van der Waals surface area contributed by atoms with Crippen molar-refractivity contribution in [2.75, 3.05) is 6.61 Å². The van der Waals surface area contributed by atoms with Crippen LogP contribution >= 0.6 is 0 Å². The second-order valence-corrected chi connectivity index (χ2v) is 2.62. The van der Waals surface area contributed by atoms with Gasteiger partial charge in [-0.15, -0.1) is 6.58 Å². The fraction of sp³-hybridized carbons (Fsp3) is 0.600. The summed E-state index contributed by atoms with van der Waals surface area (Å²) in [7, 11) is 0. The number of nitrogens with zero attached hydrogens (tertiary/aromatic N) is 1. The van der Waals surface area contributed by atoms with Gasteiger partial charge < -0.3 is 4.74 Å². The largest absolute Gasteiger partial charge is 0.448 e. The van der Waals surface area contributed by atoms with Crippen molar-refractivity contribution >= 4 is 12.3 Å². The predicted octanol–water partition coefficient (Wildman–Crippen LogP) is 2.96. The van der Waals surface area contributed by atoms with E-state index in [1.807, 2.05) is 13.0 Å². The van der Waals surface area contributed by atoms with E-state index in [0.29, 0.717) is 6.61 Å². The quantitative estimate of drug-likeness (QED) is 0.361. The number of hydrogen-bond donors (Lipinski definition) is 0. The number of hydrogen-bond acceptors (Lipinski definition) is 2. The third-order valence-corrected chi connectivity index (χ3v) is 1.41. The Balaban J connectivity index is 3.26. The van der Waals surface area contributed by atoms with E-state index < -0.39 is 6.09 Å². The molecule has 0 radical (unpaired) electrons. The lowest BCUT2D eigenvalue weighted by molar-refractivity contribution is 0.155. The van der Waals surface area contributed by atoms with Crippen LogP contribution in [0, 0.1) is 0 Å². The Labute approximate surface area is 79.5 Å². The maximum absolute atomic E-state index is 10.8. The molecular formula is C10H17NO2. The van der Waals surface area contributed by atoms with Crippen LogP contribution in [0.15, 0.2) is 17.6 Å². The molecule has 0 aromatic carbocycles. The monoisotopic (exact) mass is 183 g/mol. The van der Waals surface area contributed by atoms with Gasteiger partial charge in [0, 0.05) is 6.21 Å². The number of allylic oxidation sites excluding steroid dienone is 1. The number of unbranched alkanes of at least 4 members (excludes halogenated alkanes) is 2. The van der Waals surface area contributed by atoms with Crippen molar-refractivity contribution in [1.82, 2.24) is 0 Å². The first-order valence-electron chi connectivity index (χ1n) is 4.61. The summed E-state index contributed by atoms with van der Waals surface area (Å²) in [6.07, 6.45) is 6.53. The Morgan fingerprint density at radius 3 is 2.92 bits per heavy atom. The number of carbonyl (C=O) groups excluding carboxylic acids is 1. The molecule has 0 heterocycles. The lowest BCUT2D eigenvalue weighted by Gasteiger charge is -1.99. The van der Waals surface area contributed by atoms with E-state index in [4.69, 9.17) is 4.74 Å². The first-order valence-corrected chi connectivity index (χ1v) is 4.61. The lowest BCUT2D eigenvalue weighted by atomic mass is 10.2. The number of aliphatic imine (C=N–C) groups is 1. The first-order chi connectivity index (χ1) is 6.31. The minimum absolute atomic E-state index is 0.452. The maximum atomic E-state index is 10.8. The van der Waals surface area contributed by atoms with Gasteiger partial charge >= 0.3 is 6.09 Å². The van der Waals surface area contributed by atoms with Crippen LogP contribution in [0.4, 0.5) is 4.79 Å². The molecule has 3 nitrogen and oxygen atoms in total. The van der Waals surface area contributed by atoms with Gasteiger partial charge in [-0.25, -0.2) is 4.79 Å². The van der Waals surface area contributed by atoms with Crippen LogP contribution in [-0.4, -0.2) is 18.9 Å². The summed E-state index contributed by atoms with van der Waals surface area (Å²) in [6.45, 7) is 5.97. The van der Waals surface area contributed by atoms with E-state index in [1.54, 1.807) is 6.21 Å². The van der Waals surface area contributed by atoms with Crippen LogP contribution in [0.2, 0.25) is 0 Å². The Hall–Kier alpha value is -1.12. The Bertz CT molecular complexity index is 176. The minimum Gasteiger partial charge on any atom is -0.448 e. The maximum Gasteiger partial charge on any atom is 0.433 e. The molecule has 0 spiro atoms. The van der Waals surface area contributed by atoms with E-state index in [2.05, 4.69) is 11.6 Å². The molecule has 0 aliphatic carbocycles. The van der Waals surface area contributed by atoms with Gasteiger partial charge in [-0.05, 0) is 25.7 Å². The van der Waals surface area contributed by atoms with Crippen LogP contribution in [0.3, 0.4) is 0 Å². The molecular weight excluding hydrogens is 166 g/mol. The Morgan fingerprint density at radius 2 is 2.31 bits per heavy atom. The molecule has 0 saturated carbocycles. The molecule has 0 fully saturated rings. The highest BCUT2D eigenvalue weighted by Gasteiger charge is 1.95. The summed E-state index contributed by atoms with van der Waals surface area (Å²) in [5.74, 6) is 0. The minimum atomic E-state index is -0.486. The van der Waals surface area contributed by atoms with Crippen molar-refractivity contribution in [3.63, 3.8) is 0 Å². The molecule has 74 valence electrons. The van der Waals surface area contributed by atoms with Crippen LogP contribution in [-0.2, 0) is 4.74 Å². The topological polar surface area (TPSA) is 38.7 Å². The van der Waals surface area contributed by atoms with Crippen molar-refractivity contribution in [3.05, 3.63) is 12.7 Å². The van der Waals surface area contributed by atoms with Crippen molar-refractivity contribution in [1.29, 1.82) is 0 Å². The second kappa shape index (κ2) is 8.97. The van der Waals surface area contributed by atoms with Gasteiger partial charge in [-0.3, -0.25) is 0 Å². The smallest absolute Gasteiger partial charge is 0.433 e. The van der Waals surface area contributed by atoms with E-state index in [9.17, 15) is 4.79 Å². The summed E-state index contributed by atoms with van der Waals surface area (Å²) in [5, 5.41) is 0.